The maximum Gasteiger partial charge on any atom is 0.251 e. The zero-order valence-corrected chi connectivity index (χ0v) is 19.7. The van der Waals surface area contributed by atoms with E-state index >= 15 is 0 Å². The second-order valence-corrected chi connectivity index (χ2v) is 7.67. The fourth-order valence-electron chi connectivity index (χ4n) is 3.91. The van der Waals surface area contributed by atoms with Crippen LogP contribution < -0.4 is 19.5 Å². The smallest absolute Gasteiger partial charge is 0.251 e. The average molecular weight is 469 g/mol. The topological polar surface area (TPSA) is 60.0 Å². The molecule has 1 aliphatic heterocycles. The summed E-state index contributed by atoms with van der Waals surface area (Å²) in [5, 5.41) is 3.79. The number of halogens is 2. The zero-order valence-electron chi connectivity index (χ0n) is 18.2. The number of carbonyl (C=O) groups excluding carboxylic acids is 1. The van der Waals surface area contributed by atoms with Crippen LogP contribution in [-0.2, 0) is 0 Å². The number of nitrogens with one attached hydrogen (secondary N) is 1. The number of benzene rings is 2. The number of methoxy groups -OCH3 is 3. The monoisotopic (exact) mass is 468 g/mol. The molecule has 2 aromatic carbocycles. The minimum absolute atomic E-state index is 0. The van der Waals surface area contributed by atoms with Crippen LogP contribution in [0.15, 0.2) is 36.4 Å². The van der Waals surface area contributed by atoms with Gasteiger partial charge in [0, 0.05) is 17.1 Å². The first kappa shape index (κ1) is 25.1. The number of ether oxygens (including phenoxy) is 3. The van der Waals surface area contributed by atoms with Crippen molar-refractivity contribution in [2.75, 3.05) is 41.0 Å². The van der Waals surface area contributed by atoms with E-state index in [0.717, 1.165) is 36.5 Å². The molecule has 3 rings (SSSR count). The van der Waals surface area contributed by atoms with Crippen molar-refractivity contribution in [3.63, 3.8) is 0 Å². The van der Waals surface area contributed by atoms with Gasteiger partial charge in [-0.3, -0.25) is 9.69 Å². The van der Waals surface area contributed by atoms with E-state index < -0.39 is 0 Å². The highest BCUT2D eigenvalue weighted by Crippen LogP contribution is 2.38. The number of piperidine rings is 1. The molecule has 1 atom stereocenters. The fraction of sp³-hybridized carbons (Fsp3) is 0.435. The molecule has 1 amide bonds. The molecule has 170 valence electrons. The number of likely N-dealkylation sites (tertiary alicyclic amines) is 1. The molecular formula is C23H30Cl2N2O4. The number of carbonyl (C=O) groups is 1. The molecule has 0 aromatic heterocycles. The molecule has 31 heavy (non-hydrogen) atoms. The van der Waals surface area contributed by atoms with Gasteiger partial charge in [0.25, 0.3) is 5.91 Å². The number of hydrogen-bond donors (Lipinski definition) is 1. The minimum atomic E-state index is -0.205. The Morgan fingerprint density at radius 3 is 2.19 bits per heavy atom. The minimum Gasteiger partial charge on any atom is -0.493 e. The van der Waals surface area contributed by atoms with E-state index in [2.05, 4.69) is 10.2 Å². The van der Waals surface area contributed by atoms with Gasteiger partial charge in [0.05, 0.1) is 27.4 Å². The molecule has 0 radical (unpaired) electrons. The Balaban J connectivity index is 0.00000341. The Labute approximate surface area is 195 Å². The van der Waals surface area contributed by atoms with E-state index in [1.807, 2.05) is 24.3 Å². The van der Waals surface area contributed by atoms with Gasteiger partial charge in [0.15, 0.2) is 11.5 Å². The molecule has 1 saturated heterocycles. The molecule has 2 aromatic rings. The SMILES string of the molecule is COc1cc(C(=O)NCC(c2ccccc2Cl)N2CCCCC2)cc(OC)c1OC.Cl. The van der Waals surface area contributed by atoms with E-state index in [1.165, 1.54) is 27.8 Å². The van der Waals surface area contributed by atoms with Crippen molar-refractivity contribution in [3.05, 3.63) is 52.5 Å². The van der Waals surface area contributed by atoms with E-state index in [-0.39, 0.29) is 24.4 Å². The normalized spacial score (nSPS) is 14.8. The Morgan fingerprint density at radius 2 is 1.65 bits per heavy atom. The lowest BCUT2D eigenvalue weighted by Crippen LogP contribution is -2.40. The van der Waals surface area contributed by atoms with Gasteiger partial charge in [-0.2, -0.15) is 0 Å². The summed E-state index contributed by atoms with van der Waals surface area (Å²) >= 11 is 6.50. The van der Waals surface area contributed by atoms with Crippen LogP contribution in [0.3, 0.4) is 0 Å². The molecule has 0 aliphatic carbocycles. The van der Waals surface area contributed by atoms with Crippen molar-refractivity contribution in [1.29, 1.82) is 0 Å². The van der Waals surface area contributed by atoms with Crippen LogP contribution in [0.1, 0.15) is 41.2 Å². The summed E-state index contributed by atoms with van der Waals surface area (Å²) in [7, 11) is 4.60. The van der Waals surface area contributed by atoms with Crippen molar-refractivity contribution in [3.8, 4) is 17.2 Å². The summed E-state index contributed by atoms with van der Waals surface area (Å²) in [6.45, 7) is 2.45. The van der Waals surface area contributed by atoms with Crippen molar-refractivity contribution >= 4 is 29.9 Å². The molecule has 0 saturated carbocycles. The van der Waals surface area contributed by atoms with Crippen LogP contribution in [0.4, 0.5) is 0 Å². The molecule has 1 fully saturated rings. The molecule has 0 spiro atoms. The third kappa shape index (κ3) is 5.97. The van der Waals surface area contributed by atoms with Crippen molar-refractivity contribution in [2.24, 2.45) is 0 Å². The third-order valence-corrected chi connectivity index (χ3v) is 5.82. The lowest BCUT2D eigenvalue weighted by molar-refractivity contribution is 0.0923. The lowest BCUT2D eigenvalue weighted by Gasteiger charge is -2.35. The quantitative estimate of drug-likeness (QED) is 0.605. The van der Waals surface area contributed by atoms with Crippen molar-refractivity contribution in [2.45, 2.75) is 25.3 Å². The maximum absolute atomic E-state index is 13.0. The highest BCUT2D eigenvalue weighted by molar-refractivity contribution is 6.31. The first-order valence-corrected chi connectivity index (χ1v) is 10.5. The molecule has 1 unspecified atom stereocenters. The van der Waals surface area contributed by atoms with Crippen LogP contribution in [0.25, 0.3) is 0 Å². The van der Waals surface area contributed by atoms with Crippen LogP contribution in [0.2, 0.25) is 5.02 Å². The molecule has 8 heteroatoms. The average Bonchev–Trinajstić information content (AvgIpc) is 2.79. The second kappa shape index (κ2) is 12.0. The first-order valence-electron chi connectivity index (χ1n) is 10.2. The fourth-order valence-corrected chi connectivity index (χ4v) is 4.18. The van der Waals surface area contributed by atoms with Crippen LogP contribution >= 0.6 is 24.0 Å². The predicted octanol–water partition coefficient (Wildman–Crippen LogP) is 4.74. The Kier molecular flexibility index (Phi) is 9.75. The second-order valence-electron chi connectivity index (χ2n) is 7.26. The highest BCUT2D eigenvalue weighted by atomic mass is 35.5. The number of amides is 1. The zero-order chi connectivity index (χ0) is 21.5. The maximum atomic E-state index is 13.0. The molecule has 6 nitrogen and oxygen atoms in total. The number of rotatable bonds is 8. The van der Waals surface area contributed by atoms with Gasteiger partial charge in [0.1, 0.15) is 0 Å². The summed E-state index contributed by atoms with van der Waals surface area (Å²) in [5.41, 5.74) is 1.48. The molecule has 1 heterocycles. The Morgan fingerprint density at radius 1 is 1.03 bits per heavy atom. The van der Waals surface area contributed by atoms with Gasteiger partial charge < -0.3 is 19.5 Å². The van der Waals surface area contributed by atoms with Gasteiger partial charge in [-0.25, -0.2) is 0 Å². The number of hydrogen-bond acceptors (Lipinski definition) is 5. The predicted molar refractivity (Wildman–Crippen MR) is 125 cm³/mol. The number of nitrogens with zero attached hydrogens (tertiary/aromatic N) is 1. The summed E-state index contributed by atoms with van der Waals surface area (Å²) in [6, 6.07) is 11.2. The summed E-state index contributed by atoms with van der Waals surface area (Å²) < 4.78 is 16.1. The van der Waals surface area contributed by atoms with Crippen molar-refractivity contribution < 1.29 is 19.0 Å². The third-order valence-electron chi connectivity index (χ3n) is 5.48. The first-order chi connectivity index (χ1) is 14.6. The lowest BCUT2D eigenvalue weighted by atomic mass is 10.0. The Bertz CT molecular complexity index is 847. The molecule has 1 aliphatic rings. The van der Waals surface area contributed by atoms with E-state index in [0.29, 0.717) is 29.4 Å². The highest BCUT2D eigenvalue weighted by Gasteiger charge is 2.25. The van der Waals surface area contributed by atoms with Gasteiger partial charge in [-0.1, -0.05) is 36.2 Å². The molecule has 1 N–H and O–H groups in total. The van der Waals surface area contributed by atoms with Gasteiger partial charge in [-0.05, 0) is 49.7 Å². The summed E-state index contributed by atoms with van der Waals surface area (Å²) in [6.07, 6.45) is 3.55. The molecular weight excluding hydrogens is 439 g/mol. The van der Waals surface area contributed by atoms with Crippen LogP contribution in [0, 0.1) is 0 Å². The molecule has 0 bridgehead atoms. The largest absolute Gasteiger partial charge is 0.493 e. The van der Waals surface area contributed by atoms with Gasteiger partial charge in [-0.15, -0.1) is 12.4 Å². The van der Waals surface area contributed by atoms with E-state index in [1.54, 1.807) is 12.1 Å². The standard InChI is InChI=1S/C23H29ClN2O4.ClH/c1-28-20-13-16(14-21(29-2)22(20)30-3)23(27)25-15-19(26-11-7-4-8-12-26)17-9-5-6-10-18(17)24;/h5-6,9-10,13-14,19H,4,7-8,11-12,15H2,1-3H3,(H,25,27);1H. The van der Waals surface area contributed by atoms with Crippen LogP contribution in [-0.4, -0.2) is 51.8 Å². The summed E-state index contributed by atoms with van der Waals surface area (Å²) in [5.74, 6) is 1.14. The van der Waals surface area contributed by atoms with E-state index in [9.17, 15) is 4.79 Å². The van der Waals surface area contributed by atoms with Gasteiger partial charge in [0.2, 0.25) is 5.75 Å². The summed E-state index contributed by atoms with van der Waals surface area (Å²) in [4.78, 5) is 15.4. The van der Waals surface area contributed by atoms with Crippen molar-refractivity contribution in [1.82, 2.24) is 10.2 Å². The van der Waals surface area contributed by atoms with Gasteiger partial charge >= 0.3 is 0 Å². The van der Waals surface area contributed by atoms with Crippen LogP contribution in [0.5, 0.6) is 17.2 Å². The Hall–Kier alpha value is -2.15. The van der Waals surface area contributed by atoms with E-state index in [4.69, 9.17) is 25.8 Å².